The van der Waals surface area contributed by atoms with Crippen LogP contribution >= 0.6 is 0 Å². The Balaban J connectivity index is 1.45. The van der Waals surface area contributed by atoms with Crippen LogP contribution in [0.5, 0.6) is 5.75 Å². The predicted octanol–water partition coefficient (Wildman–Crippen LogP) is 2.37. The molecule has 1 N–H and O–H groups in total. The lowest BCUT2D eigenvalue weighted by Crippen LogP contribution is -2.49. The molecular formula is C30H39N4O5+. The Morgan fingerprint density at radius 3 is 2.79 bits per heavy atom. The topological polar surface area (TPSA) is 94.3 Å². The lowest BCUT2D eigenvalue weighted by molar-refractivity contribution is -0.670. The van der Waals surface area contributed by atoms with Crippen LogP contribution in [0.25, 0.3) is 0 Å². The van der Waals surface area contributed by atoms with Crippen LogP contribution in [0.3, 0.4) is 0 Å². The summed E-state index contributed by atoms with van der Waals surface area (Å²) in [6.07, 6.45) is 7.78. The van der Waals surface area contributed by atoms with Crippen molar-refractivity contribution in [3.8, 4) is 5.75 Å². The molecule has 0 bridgehead atoms. The summed E-state index contributed by atoms with van der Waals surface area (Å²) >= 11 is 0. The van der Waals surface area contributed by atoms with Gasteiger partial charge in [0.25, 0.3) is 0 Å². The highest BCUT2D eigenvalue weighted by atomic mass is 16.5. The van der Waals surface area contributed by atoms with Crippen molar-refractivity contribution in [3.05, 3.63) is 53.9 Å². The smallest absolute Gasteiger partial charge is 0.308 e. The molecule has 0 spiro atoms. The second-order valence-electron chi connectivity index (χ2n) is 11.0. The number of hydrogen-bond donors (Lipinski definition) is 1. The summed E-state index contributed by atoms with van der Waals surface area (Å²) in [5, 5.41) is 10.5. The lowest BCUT2D eigenvalue weighted by atomic mass is 9.84. The first-order valence-electron chi connectivity index (χ1n) is 14.1. The number of carboxylic acid groups (broad SMARTS) is 1. The summed E-state index contributed by atoms with van der Waals surface area (Å²) in [4.78, 5) is 44.8. The van der Waals surface area contributed by atoms with E-state index in [9.17, 15) is 19.5 Å². The van der Waals surface area contributed by atoms with Gasteiger partial charge in [-0.3, -0.25) is 19.3 Å². The summed E-state index contributed by atoms with van der Waals surface area (Å²) in [5.74, 6) is -1.05. The van der Waals surface area contributed by atoms with E-state index in [1.807, 2.05) is 58.1 Å². The zero-order valence-corrected chi connectivity index (χ0v) is 22.9. The van der Waals surface area contributed by atoms with E-state index in [4.69, 9.17) is 4.74 Å². The minimum atomic E-state index is -0.888. The highest BCUT2D eigenvalue weighted by molar-refractivity contribution is 5.94. The summed E-state index contributed by atoms with van der Waals surface area (Å²) in [6.45, 7) is 4.83. The van der Waals surface area contributed by atoms with Crippen molar-refractivity contribution >= 4 is 23.5 Å². The van der Waals surface area contributed by atoms with Gasteiger partial charge in [0.2, 0.25) is 11.8 Å². The van der Waals surface area contributed by atoms with Gasteiger partial charge >= 0.3 is 5.97 Å². The largest absolute Gasteiger partial charge is 0.493 e. The van der Waals surface area contributed by atoms with Crippen LogP contribution in [-0.4, -0.2) is 78.1 Å². The number of aryl methyl sites for hydroxylation is 1. The van der Waals surface area contributed by atoms with Crippen LogP contribution in [0.4, 0.5) is 5.69 Å². The molecule has 3 aliphatic rings. The normalized spacial score (nSPS) is 22.7. The number of unbranched alkanes of at least 4 members (excludes halogenated alkanes) is 1. The maximum absolute atomic E-state index is 13.9. The minimum Gasteiger partial charge on any atom is -0.493 e. The van der Waals surface area contributed by atoms with Crippen molar-refractivity contribution in [3.63, 3.8) is 0 Å². The zero-order valence-electron chi connectivity index (χ0n) is 22.9. The summed E-state index contributed by atoms with van der Waals surface area (Å²) in [7, 11) is 1.93. The number of pyridine rings is 1. The van der Waals surface area contributed by atoms with Gasteiger partial charge in [-0.2, -0.15) is 0 Å². The van der Waals surface area contributed by atoms with E-state index in [2.05, 4.69) is 13.0 Å². The zero-order chi connectivity index (χ0) is 27.5. The number of ether oxygens (including phenoxy) is 1. The molecule has 208 valence electrons. The monoisotopic (exact) mass is 535 g/mol. The number of likely N-dealkylation sites (tertiary alicyclic amines) is 2. The van der Waals surface area contributed by atoms with Gasteiger partial charge in [0.05, 0.1) is 19.1 Å². The molecule has 1 aromatic carbocycles. The fourth-order valence-corrected chi connectivity index (χ4v) is 6.32. The van der Waals surface area contributed by atoms with Crippen molar-refractivity contribution in [1.29, 1.82) is 0 Å². The number of carbonyl (C=O) groups excluding carboxylic acids is 2. The molecular weight excluding hydrogens is 496 g/mol. The first-order chi connectivity index (χ1) is 18.9. The van der Waals surface area contributed by atoms with Gasteiger partial charge in [-0.25, -0.2) is 4.57 Å². The van der Waals surface area contributed by atoms with Crippen LogP contribution < -0.4 is 14.2 Å². The number of carbonyl (C=O) groups is 3. The molecule has 0 aliphatic carbocycles. The second-order valence-corrected chi connectivity index (χ2v) is 11.0. The van der Waals surface area contributed by atoms with Crippen LogP contribution in [-0.2, 0) is 27.9 Å². The van der Waals surface area contributed by atoms with Gasteiger partial charge in [-0.15, -0.1) is 0 Å². The molecule has 9 heteroatoms. The van der Waals surface area contributed by atoms with Crippen molar-refractivity contribution in [2.75, 3.05) is 44.2 Å². The van der Waals surface area contributed by atoms with Crippen molar-refractivity contribution < 1.29 is 28.8 Å². The van der Waals surface area contributed by atoms with Gasteiger partial charge in [0, 0.05) is 57.0 Å². The van der Waals surface area contributed by atoms with Gasteiger partial charge in [-0.05, 0) is 36.1 Å². The first kappa shape index (κ1) is 27.1. The molecule has 0 unspecified atom stereocenters. The number of aromatic nitrogens is 1. The van der Waals surface area contributed by atoms with E-state index in [1.54, 1.807) is 4.90 Å². The number of nitrogens with zero attached hydrogens (tertiary/aromatic N) is 4. The van der Waals surface area contributed by atoms with Crippen molar-refractivity contribution in [1.82, 2.24) is 9.80 Å². The van der Waals surface area contributed by atoms with Gasteiger partial charge in [-0.1, -0.05) is 25.5 Å². The predicted molar refractivity (Wildman–Crippen MR) is 146 cm³/mol. The van der Waals surface area contributed by atoms with E-state index < -0.39 is 17.9 Å². The van der Waals surface area contributed by atoms with E-state index in [0.29, 0.717) is 39.2 Å². The molecule has 2 saturated heterocycles. The van der Waals surface area contributed by atoms with E-state index in [-0.39, 0.29) is 24.3 Å². The number of benzene rings is 1. The molecule has 2 amide bonds. The number of amides is 2. The Kier molecular flexibility index (Phi) is 8.16. The second kappa shape index (κ2) is 11.7. The van der Waals surface area contributed by atoms with Crippen LogP contribution in [0.15, 0.2) is 42.7 Å². The molecule has 2 aromatic rings. The van der Waals surface area contributed by atoms with Crippen LogP contribution in [0.2, 0.25) is 0 Å². The molecule has 2 fully saturated rings. The molecule has 1 aromatic heterocycles. The highest BCUT2D eigenvalue weighted by Crippen LogP contribution is 2.40. The van der Waals surface area contributed by atoms with Crippen LogP contribution in [0, 0.1) is 5.92 Å². The standard InChI is InChI=1S/C30H38N4O5/c1-3-4-14-34(23-7-5-12-31(2)17-23)28(36)20-33-18-24(21-9-10-26-22(16-21)11-15-39-26)29(30(37)38)25(33)19-32-13-6-8-27(32)35/h5,7,9-10,12,16-17,24-25,29H,3-4,6,8,11,13-15,18-20H2,1-2H3/p+1/t24-,25+,29-/m1/s1. The quantitative estimate of drug-likeness (QED) is 0.470. The SMILES string of the molecule is CCCCN(C(=O)CN1C[C@H](c2ccc3c(c2)CCO3)[C@@H](C(=O)O)[C@@H]1CN1CCCC1=O)c1ccc[n+](C)c1. The lowest BCUT2D eigenvalue weighted by Gasteiger charge is -2.32. The summed E-state index contributed by atoms with van der Waals surface area (Å²) in [5.41, 5.74) is 2.88. The van der Waals surface area contributed by atoms with E-state index in [1.165, 1.54) is 0 Å². The van der Waals surface area contributed by atoms with Gasteiger partial charge in [0.1, 0.15) is 18.5 Å². The third kappa shape index (κ3) is 5.78. The maximum atomic E-state index is 13.9. The van der Waals surface area contributed by atoms with E-state index >= 15 is 0 Å². The Bertz CT molecular complexity index is 1230. The third-order valence-corrected chi connectivity index (χ3v) is 8.36. The van der Waals surface area contributed by atoms with Gasteiger partial charge in [0.15, 0.2) is 12.4 Å². The molecule has 3 atom stereocenters. The Labute approximate surface area is 230 Å². The first-order valence-corrected chi connectivity index (χ1v) is 14.1. The molecule has 4 heterocycles. The summed E-state index contributed by atoms with van der Waals surface area (Å²) in [6, 6.07) is 9.38. The maximum Gasteiger partial charge on any atom is 0.308 e. The van der Waals surface area contributed by atoms with E-state index in [0.717, 1.165) is 48.2 Å². The average Bonchev–Trinajstić information content (AvgIpc) is 3.63. The number of fused-ring (bicyclic) bond motifs is 1. The average molecular weight is 536 g/mol. The van der Waals surface area contributed by atoms with Crippen molar-refractivity contribution in [2.45, 2.75) is 51.0 Å². The van der Waals surface area contributed by atoms with Crippen molar-refractivity contribution in [2.24, 2.45) is 13.0 Å². The fourth-order valence-electron chi connectivity index (χ4n) is 6.32. The number of carboxylic acids is 1. The molecule has 0 radical (unpaired) electrons. The minimum absolute atomic E-state index is 0.0560. The number of hydrogen-bond acceptors (Lipinski definition) is 5. The van der Waals surface area contributed by atoms with Gasteiger partial charge < -0.3 is 19.6 Å². The number of rotatable bonds is 10. The molecule has 3 aliphatic heterocycles. The number of aliphatic carboxylic acids is 1. The third-order valence-electron chi connectivity index (χ3n) is 8.36. The Morgan fingerprint density at radius 2 is 2.08 bits per heavy atom. The molecule has 0 saturated carbocycles. The molecule has 39 heavy (non-hydrogen) atoms. The Hall–Kier alpha value is -3.46. The Morgan fingerprint density at radius 1 is 1.23 bits per heavy atom. The number of anilines is 1. The highest BCUT2D eigenvalue weighted by Gasteiger charge is 2.48. The fraction of sp³-hybridized carbons (Fsp3) is 0.533. The summed E-state index contributed by atoms with van der Waals surface area (Å²) < 4.78 is 7.60. The molecule has 5 rings (SSSR count). The van der Waals surface area contributed by atoms with Crippen LogP contribution in [0.1, 0.15) is 49.7 Å². The molecule has 9 nitrogen and oxygen atoms in total.